The van der Waals surface area contributed by atoms with Crippen LogP contribution < -0.4 is 0 Å². The van der Waals surface area contributed by atoms with Crippen LogP contribution in [0.15, 0.2) is 91.0 Å². The molecule has 0 heterocycles. The number of hydrogen-bond acceptors (Lipinski definition) is 2. The highest BCUT2D eigenvalue weighted by atomic mass is 16.3. The molecule has 3 aromatic carbocycles. The van der Waals surface area contributed by atoms with Gasteiger partial charge in [-0.3, -0.25) is 4.90 Å². The maximum Gasteiger partial charge on any atom is 0.0628 e. The summed E-state index contributed by atoms with van der Waals surface area (Å²) in [5.41, 5.74) is 3.65. The predicted octanol–water partition coefficient (Wildman–Crippen LogP) is 4.98. The van der Waals surface area contributed by atoms with E-state index in [9.17, 15) is 5.11 Å². The molecule has 0 saturated carbocycles. The van der Waals surface area contributed by atoms with Gasteiger partial charge in [0.15, 0.2) is 0 Å². The number of aliphatic hydroxyl groups excluding tert-OH is 1. The summed E-state index contributed by atoms with van der Waals surface area (Å²) < 4.78 is 0. The molecule has 0 aliphatic carbocycles. The van der Waals surface area contributed by atoms with Crippen molar-refractivity contribution < 1.29 is 5.11 Å². The van der Waals surface area contributed by atoms with Gasteiger partial charge < -0.3 is 5.11 Å². The summed E-state index contributed by atoms with van der Waals surface area (Å²) >= 11 is 0. The fraction of sp³-hybridized carbons (Fsp3) is 0.217. The number of nitrogens with zero attached hydrogens (tertiary/aromatic N) is 1. The molecule has 2 atom stereocenters. The van der Waals surface area contributed by atoms with Crippen LogP contribution in [0.25, 0.3) is 0 Å². The number of hydrogen-bond donors (Lipinski definition) is 1. The van der Waals surface area contributed by atoms with E-state index in [4.69, 9.17) is 0 Å². The number of rotatable bonds is 7. The van der Waals surface area contributed by atoms with Gasteiger partial charge in [-0.05, 0) is 23.6 Å². The molecule has 3 aromatic rings. The molecular weight excluding hydrogens is 306 g/mol. The molecule has 2 nitrogen and oxygen atoms in total. The standard InChI is InChI=1S/C23H25NO/c1-19(21-13-7-3-8-14-21)24(17-20-11-5-2-6-12-20)23(18-25)22-15-9-4-10-16-22/h2-16,19,23,25H,17-18H2,1H3/t19-,23-/m0/s1. The molecule has 0 fully saturated rings. The van der Waals surface area contributed by atoms with Crippen molar-refractivity contribution in [3.05, 3.63) is 108 Å². The lowest BCUT2D eigenvalue weighted by Crippen LogP contribution is -2.33. The van der Waals surface area contributed by atoms with Crippen molar-refractivity contribution in [3.8, 4) is 0 Å². The third-order valence-corrected chi connectivity index (χ3v) is 4.75. The summed E-state index contributed by atoms with van der Waals surface area (Å²) in [7, 11) is 0. The molecule has 0 aromatic heterocycles. The van der Waals surface area contributed by atoms with Crippen molar-refractivity contribution in [2.24, 2.45) is 0 Å². The lowest BCUT2D eigenvalue weighted by Gasteiger charge is -2.36. The van der Waals surface area contributed by atoms with E-state index in [2.05, 4.69) is 72.5 Å². The van der Waals surface area contributed by atoms with Crippen molar-refractivity contribution >= 4 is 0 Å². The van der Waals surface area contributed by atoms with E-state index >= 15 is 0 Å². The average molecular weight is 331 g/mol. The van der Waals surface area contributed by atoms with E-state index < -0.39 is 0 Å². The predicted molar refractivity (Wildman–Crippen MR) is 103 cm³/mol. The highest BCUT2D eigenvalue weighted by Gasteiger charge is 2.25. The Morgan fingerprint density at radius 3 is 1.72 bits per heavy atom. The fourth-order valence-corrected chi connectivity index (χ4v) is 3.31. The first-order valence-corrected chi connectivity index (χ1v) is 8.80. The van der Waals surface area contributed by atoms with Gasteiger partial charge in [0.25, 0.3) is 0 Å². The van der Waals surface area contributed by atoms with E-state index in [0.717, 1.165) is 12.1 Å². The van der Waals surface area contributed by atoms with Crippen molar-refractivity contribution in [2.45, 2.75) is 25.6 Å². The summed E-state index contributed by atoms with van der Waals surface area (Å²) in [5.74, 6) is 0. The fourth-order valence-electron chi connectivity index (χ4n) is 3.31. The van der Waals surface area contributed by atoms with Crippen molar-refractivity contribution in [1.29, 1.82) is 0 Å². The van der Waals surface area contributed by atoms with Gasteiger partial charge in [0, 0.05) is 12.6 Å². The van der Waals surface area contributed by atoms with Crippen LogP contribution in [0.4, 0.5) is 0 Å². The van der Waals surface area contributed by atoms with Gasteiger partial charge in [0.05, 0.1) is 12.6 Å². The number of benzene rings is 3. The molecule has 0 spiro atoms. The average Bonchev–Trinajstić information content (AvgIpc) is 2.69. The second-order valence-corrected chi connectivity index (χ2v) is 6.35. The molecule has 3 rings (SSSR count). The van der Waals surface area contributed by atoms with Crippen LogP contribution in [0.5, 0.6) is 0 Å². The van der Waals surface area contributed by atoms with Crippen LogP contribution in [0, 0.1) is 0 Å². The zero-order valence-electron chi connectivity index (χ0n) is 14.6. The largest absolute Gasteiger partial charge is 0.394 e. The van der Waals surface area contributed by atoms with Gasteiger partial charge in [-0.25, -0.2) is 0 Å². The smallest absolute Gasteiger partial charge is 0.0628 e. The van der Waals surface area contributed by atoms with Crippen molar-refractivity contribution in [1.82, 2.24) is 4.90 Å². The molecule has 0 aliphatic rings. The van der Waals surface area contributed by atoms with Crippen molar-refractivity contribution in [3.63, 3.8) is 0 Å². The third-order valence-electron chi connectivity index (χ3n) is 4.75. The van der Waals surface area contributed by atoms with E-state index in [1.165, 1.54) is 11.1 Å². The molecular formula is C23H25NO. The first-order valence-electron chi connectivity index (χ1n) is 8.80. The third kappa shape index (κ3) is 4.36. The maximum absolute atomic E-state index is 10.2. The summed E-state index contributed by atoms with van der Waals surface area (Å²) in [6.45, 7) is 3.09. The topological polar surface area (TPSA) is 23.5 Å². The maximum atomic E-state index is 10.2. The lowest BCUT2D eigenvalue weighted by molar-refractivity contribution is 0.0811. The Morgan fingerprint density at radius 2 is 1.20 bits per heavy atom. The Hall–Kier alpha value is -2.42. The summed E-state index contributed by atoms with van der Waals surface area (Å²) in [6.07, 6.45) is 0. The molecule has 1 N–H and O–H groups in total. The van der Waals surface area contributed by atoms with Crippen LogP contribution in [0.3, 0.4) is 0 Å². The minimum Gasteiger partial charge on any atom is -0.394 e. The highest BCUT2D eigenvalue weighted by molar-refractivity contribution is 5.24. The molecule has 2 heteroatoms. The summed E-state index contributed by atoms with van der Waals surface area (Å²) in [5, 5.41) is 10.2. The molecule has 25 heavy (non-hydrogen) atoms. The molecule has 0 aliphatic heterocycles. The molecule has 0 saturated heterocycles. The Balaban J connectivity index is 1.95. The first-order chi connectivity index (χ1) is 12.3. The molecule has 128 valence electrons. The van der Waals surface area contributed by atoms with Crippen LogP contribution in [-0.2, 0) is 6.54 Å². The minimum atomic E-state index is -0.0448. The van der Waals surface area contributed by atoms with Crippen LogP contribution >= 0.6 is 0 Å². The Labute approximate surface area is 150 Å². The van der Waals surface area contributed by atoms with Gasteiger partial charge in [-0.2, -0.15) is 0 Å². The summed E-state index contributed by atoms with van der Waals surface area (Å²) in [4.78, 5) is 2.38. The van der Waals surface area contributed by atoms with Crippen LogP contribution in [0.2, 0.25) is 0 Å². The Kier molecular flexibility index (Phi) is 5.99. The highest BCUT2D eigenvalue weighted by Crippen LogP contribution is 2.32. The minimum absolute atomic E-state index is 0.0448. The van der Waals surface area contributed by atoms with Crippen LogP contribution in [-0.4, -0.2) is 16.6 Å². The van der Waals surface area contributed by atoms with Gasteiger partial charge in [-0.15, -0.1) is 0 Å². The quantitative estimate of drug-likeness (QED) is 0.660. The van der Waals surface area contributed by atoms with Crippen LogP contribution in [0.1, 0.15) is 35.7 Å². The van der Waals surface area contributed by atoms with E-state index in [1.807, 2.05) is 30.3 Å². The molecule has 0 bridgehead atoms. The van der Waals surface area contributed by atoms with Gasteiger partial charge in [0.2, 0.25) is 0 Å². The summed E-state index contributed by atoms with van der Waals surface area (Å²) in [6, 6.07) is 31.4. The first kappa shape index (κ1) is 17.4. The molecule has 0 unspecified atom stereocenters. The molecule has 0 amide bonds. The number of aliphatic hydroxyl groups is 1. The SMILES string of the molecule is C[C@@H](c1ccccc1)N(Cc1ccccc1)[C@@H](CO)c1ccccc1. The zero-order chi connectivity index (χ0) is 17.5. The Bertz CT molecular complexity index is 743. The van der Waals surface area contributed by atoms with E-state index in [-0.39, 0.29) is 18.7 Å². The zero-order valence-corrected chi connectivity index (χ0v) is 14.6. The van der Waals surface area contributed by atoms with Gasteiger partial charge in [-0.1, -0.05) is 91.0 Å². The normalized spacial score (nSPS) is 13.6. The Morgan fingerprint density at radius 1 is 0.720 bits per heavy atom. The van der Waals surface area contributed by atoms with E-state index in [1.54, 1.807) is 0 Å². The lowest BCUT2D eigenvalue weighted by atomic mass is 9.99. The van der Waals surface area contributed by atoms with Gasteiger partial charge in [0.1, 0.15) is 0 Å². The monoisotopic (exact) mass is 331 g/mol. The van der Waals surface area contributed by atoms with Crippen molar-refractivity contribution in [2.75, 3.05) is 6.61 Å². The second kappa shape index (κ2) is 8.61. The molecule has 0 radical (unpaired) electrons. The second-order valence-electron chi connectivity index (χ2n) is 6.35. The van der Waals surface area contributed by atoms with Gasteiger partial charge >= 0.3 is 0 Å². The van der Waals surface area contributed by atoms with E-state index in [0.29, 0.717) is 0 Å².